The third-order valence-electron chi connectivity index (χ3n) is 12.9. The minimum Gasteiger partial charge on any atom is -0.313 e. The summed E-state index contributed by atoms with van der Waals surface area (Å²) < 4.78 is 5.01. The molecule has 0 radical (unpaired) electrons. The van der Waals surface area contributed by atoms with Crippen LogP contribution in [0.3, 0.4) is 0 Å². The lowest BCUT2D eigenvalue weighted by molar-refractivity contribution is 1.14. The predicted molar refractivity (Wildman–Crippen MR) is 256 cm³/mol. The van der Waals surface area contributed by atoms with E-state index in [-0.39, 0.29) is 0 Å². The number of anilines is 2. The fourth-order valence-corrected chi connectivity index (χ4v) is 15.5. The summed E-state index contributed by atoms with van der Waals surface area (Å²) in [4.78, 5) is 2.54. The molecule has 0 saturated carbocycles. The topological polar surface area (TPSA) is 13.1 Å². The molecule has 10 aromatic rings. The van der Waals surface area contributed by atoms with Crippen molar-refractivity contribution in [1.82, 2.24) is 9.13 Å². The van der Waals surface area contributed by atoms with Gasteiger partial charge in [-0.1, -0.05) is 157 Å². The van der Waals surface area contributed by atoms with E-state index in [1.807, 2.05) is 0 Å². The molecule has 284 valence electrons. The molecule has 12 rings (SSSR count). The molecule has 0 N–H and O–H groups in total. The molecule has 0 amide bonds. The number of nitrogens with zero attached hydrogens (tertiary/aromatic N) is 3. The molecule has 0 atom stereocenters. The van der Waals surface area contributed by atoms with Crippen LogP contribution in [-0.4, -0.2) is 17.2 Å². The molecule has 0 bridgehead atoms. The summed E-state index contributed by atoms with van der Waals surface area (Å²) in [5.74, 6) is 0. The number of aromatic nitrogens is 2. The smallest absolute Gasteiger partial charge is 0.184 e. The van der Waals surface area contributed by atoms with Crippen LogP contribution in [0.1, 0.15) is 12.0 Å². The van der Waals surface area contributed by atoms with Gasteiger partial charge in [-0.15, -0.1) is 0 Å². The molecule has 2 aliphatic rings. The summed E-state index contributed by atoms with van der Waals surface area (Å²) in [6.07, 6.45) is 8.20. The molecule has 2 aromatic heterocycles. The van der Waals surface area contributed by atoms with Crippen molar-refractivity contribution in [2.45, 2.75) is 13.3 Å². The zero-order valence-electron chi connectivity index (χ0n) is 33.3. The van der Waals surface area contributed by atoms with E-state index in [9.17, 15) is 0 Å². The number of benzene rings is 8. The summed E-state index contributed by atoms with van der Waals surface area (Å²) in [5.41, 5.74) is 12.2. The summed E-state index contributed by atoms with van der Waals surface area (Å²) >= 11 is 0. The molecule has 8 aromatic carbocycles. The molecule has 3 heterocycles. The number of hydrogen-bond donors (Lipinski definition) is 0. The van der Waals surface area contributed by atoms with Crippen LogP contribution < -0.4 is 20.5 Å². The molecule has 0 spiro atoms. The van der Waals surface area contributed by atoms with Crippen molar-refractivity contribution in [3.05, 3.63) is 235 Å². The Labute approximate surface area is 350 Å². The Morgan fingerprint density at radius 3 is 1.45 bits per heavy atom. The molecular weight excluding hydrogens is 743 g/mol. The normalized spacial score (nSPS) is 14.8. The predicted octanol–water partition coefficient (Wildman–Crippen LogP) is 12.1. The van der Waals surface area contributed by atoms with Gasteiger partial charge in [-0.2, -0.15) is 0 Å². The van der Waals surface area contributed by atoms with Gasteiger partial charge in [0.05, 0.1) is 22.1 Å². The number of hydrogen-bond acceptors (Lipinski definition) is 1. The van der Waals surface area contributed by atoms with E-state index in [0.717, 1.165) is 12.1 Å². The lowest BCUT2D eigenvalue weighted by atomic mass is 10.1. The Morgan fingerprint density at radius 1 is 0.450 bits per heavy atom. The first-order valence-electron chi connectivity index (χ1n) is 20.9. The van der Waals surface area contributed by atoms with Crippen molar-refractivity contribution in [3.8, 4) is 5.69 Å². The molecule has 3 nitrogen and oxygen atoms in total. The van der Waals surface area contributed by atoms with Gasteiger partial charge in [-0.3, -0.25) is 0 Å². The highest BCUT2D eigenvalue weighted by Gasteiger charge is 2.50. The maximum atomic E-state index is 2.59. The average molecular weight is 784 g/mol. The first-order chi connectivity index (χ1) is 29.7. The average Bonchev–Trinajstić information content (AvgIpc) is 3.73. The Morgan fingerprint density at radius 2 is 0.917 bits per heavy atom. The summed E-state index contributed by atoms with van der Waals surface area (Å²) in [5, 5.41) is 10.5. The van der Waals surface area contributed by atoms with Crippen LogP contribution in [-0.2, 0) is 0 Å². The lowest BCUT2D eigenvalue weighted by Crippen LogP contribution is -2.71. The zero-order valence-corrected chi connectivity index (χ0v) is 34.3. The molecular formula is C56H41N3Si. The van der Waals surface area contributed by atoms with Crippen molar-refractivity contribution in [3.63, 3.8) is 0 Å². The van der Waals surface area contributed by atoms with E-state index in [1.54, 1.807) is 0 Å². The monoisotopic (exact) mass is 783 g/mol. The van der Waals surface area contributed by atoms with Gasteiger partial charge in [0.2, 0.25) is 0 Å². The Balaban J connectivity index is 1.25. The lowest BCUT2D eigenvalue weighted by Gasteiger charge is -2.45. The van der Waals surface area contributed by atoms with E-state index in [1.165, 1.54) is 92.7 Å². The van der Waals surface area contributed by atoms with Crippen molar-refractivity contribution >= 4 is 84.3 Å². The number of aryl methyl sites for hydroxylation is 1. The number of para-hydroxylation sites is 4. The van der Waals surface area contributed by atoms with Gasteiger partial charge in [0.1, 0.15) is 0 Å². The fraction of sp³-hybridized carbons (Fsp3) is 0.0357. The molecule has 1 aliphatic carbocycles. The quantitative estimate of drug-likeness (QED) is 0.158. The van der Waals surface area contributed by atoms with Gasteiger partial charge in [0.25, 0.3) is 0 Å². The summed E-state index contributed by atoms with van der Waals surface area (Å²) in [6.45, 7) is 2.17. The SMILES string of the molecule is Cc1ccc(N2C3=C(C=C(n4c5ccccc5c5ccccc54)CC=C3)[Si](c3ccccc3)(c3ccccc3)c3cc(-n4c5ccccc5c5ccccc54)ccc32)cc1. The van der Waals surface area contributed by atoms with Crippen LogP contribution >= 0.6 is 0 Å². The number of allylic oxidation sites excluding steroid dienone is 5. The van der Waals surface area contributed by atoms with Gasteiger partial charge >= 0.3 is 0 Å². The second-order valence-corrected chi connectivity index (χ2v) is 19.9. The molecule has 4 heteroatoms. The van der Waals surface area contributed by atoms with Crippen molar-refractivity contribution < 1.29 is 0 Å². The van der Waals surface area contributed by atoms with E-state index in [0.29, 0.717) is 0 Å². The van der Waals surface area contributed by atoms with Gasteiger partial charge in [-0.05, 0) is 94.4 Å². The largest absolute Gasteiger partial charge is 0.313 e. The highest BCUT2D eigenvalue weighted by molar-refractivity contribution is 7.17. The molecule has 1 aliphatic heterocycles. The minimum atomic E-state index is -3.12. The Hall–Kier alpha value is -7.40. The van der Waals surface area contributed by atoms with Crippen LogP contribution in [0.25, 0.3) is 55.0 Å². The van der Waals surface area contributed by atoms with E-state index >= 15 is 0 Å². The number of rotatable bonds is 5. The second-order valence-electron chi connectivity index (χ2n) is 16.1. The van der Waals surface area contributed by atoms with E-state index in [2.05, 4.69) is 239 Å². The van der Waals surface area contributed by atoms with Crippen molar-refractivity contribution in [2.24, 2.45) is 0 Å². The standard InChI is InChI=1S/C56H41N3Si/c1-39-31-33-40(34-32-39)57-53-30-16-17-41(58-49-26-12-8-22-45(49)46-23-9-13-27-50(46)58)37-55(53)60(43-18-4-2-5-19-43,44-20-6-3-7-21-44)56-38-42(35-36-54(56)57)59-51-28-14-10-24-47(51)48-25-11-15-29-52(48)59/h2-16,18-38H,17H2,1H3. The third kappa shape index (κ3) is 5.01. The van der Waals surface area contributed by atoms with Crippen molar-refractivity contribution in [1.29, 1.82) is 0 Å². The molecule has 0 fully saturated rings. The van der Waals surface area contributed by atoms with Crippen LogP contribution in [0.2, 0.25) is 0 Å². The van der Waals surface area contributed by atoms with Crippen molar-refractivity contribution in [2.75, 3.05) is 4.90 Å². The molecule has 0 saturated heterocycles. The summed E-state index contributed by atoms with van der Waals surface area (Å²) in [6, 6.07) is 74.7. The Kier molecular flexibility index (Phi) is 7.84. The van der Waals surface area contributed by atoms with Gasteiger partial charge in [0.15, 0.2) is 8.07 Å². The van der Waals surface area contributed by atoms with Gasteiger partial charge in [0, 0.05) is 56.4 Å². The first-order valence-corrected chi connectivity index (χ1v) is 22.9. The molecule has 0 unspecified atom stereocenters. The first kappa shape index (κ1) is 34.6. The van der Waals surface area contributed by atoms with Gasteiger partial charge in [-0.25, -0.2) is 0 Å². The summed E-state index contributed by atoms with van der Waals surface area (Å²) in [7, 11) is -3.12. The van der Waals surface area contributed by atoms with Crippen LogP contribution in [0.4, 0.5) is 11.4 Å². The maximum absolute atomic E-state index is 3.12. The number of fused-ring (bicyclic) bond motifs is 7. The molecule has 60 heavy (non-hydrogen) atoms. The highest BCUT2D eigenvalue weighted by Crippen LogP contribution is 2.44. The zero-order chi connectivity index (χ0) is 39.8. The Bertz CT molecular complexity index is 3260. The van der Waals surface area contributed by atoms with Crippen LogP contribution in [0.15, 0.2) is 229 Å². The van der Waals surface area contributed by atoms with Crippen LogP contribution in [0.5, 0.6) is 0 Å². The van der Waals surface area contributed by atoms with E-state index in [4.69, 9.17) is 0 Å². The van der Waals surface area contributed by atoms with Gasteiger partial charge < -0.3 is 14.0 Å². The second kappa shape index (κ2) is 13.6. The third-order valence-corrected chi connectivity index (χ3v) is 17.7. The van der Waals surface area contributed by atoms with E-state index < -0.39 is 8.07 Å². The van der Waals surface area contributed by atoms with Crippen LogP contribution in [0, 0.1) is 6.92 Å². The minimum absolute atomic E-state index is 0.786. The highest BCUT2D eigenvalue weighted by atomic mass is 28.3. The maximum Gasteiger partial charge on any atom is 0.184 e. The fourth-order valence-electron chi connectivity index (χ4n) is 10.3.